The van der Waals surface area contributed by atoms with E-state index in [1.54, 1.807) is 7.11 Å². The normalized spacial score (nSPS) is 18.7. The largest absolute Gasteiger partial charge is 0.382 e. The van der Waals surface area contributed by atoms with Crippen LogP contribution in [0, 0.1) is 0 Å². The lowest BCUT2D eigenvalue weighted by Gasteiger charge is -2.33. The molecule has 1 aliphatic heterocycles. The maximum atomic E-state index is 5.37. The first-order chi connectivity index (χ1) is 10.8. The molecule has 114 valence electrons. The van der Waals surface area contributed by atoms with Crippen LogP contribution < -0.4 is 0 Å². The minimum atomic E-state index is 0.286. The summed E-state index contributed by atoms with van der Waals surface area (Å²) in [4.78, 5) is 5.76. The smallest absolute Gasteiger partial charge is 0.0882 e. The van der Waals surface area contributed by atoms with Crippen LogP contribution in [0.2, 0.25) is 0 Å². The third-order valence-electron chi connectivity index (χ3n) is 4.39. The van der Waals surface area contributed by atoms with Crippen molar-refractivity contribution in [2.45, 2.75) is 19.1 Å². The molecule has 3 heterocycles. The van der Waals surface area contributed by atoms with Crippen LogP contribution in [-0.2, 0) is 17.8 Å². The van der Waals surface area contributed by atoms with Crippen LogP contribution in [0.5, 0.6) is 0 Å². The first-order valence-corrected chi connectivity index (χ1v) is 7.64. The number of benzene rings is 1. The molecule has 0 unspecified atom stereocenters. The van der Waals surface area contributed by atoms with Gasteiger partial charge in [0.05, 0.1) is 18.3 Å². The van der Waals surface area contributed by atoms with Gasteiger partial charge in [-0.15, -0.1) is 0 Å². The Hall–Kier alpha value is -2.11. The van der Waals surface area contributed by atoms with Gasteiger partial charge in [-0.05, 0) is 23.8 Å². The third-order valence-corrected chi connectivity index (χ3v) is 4.39. The van der Waals surface area contributed by atoms with E-state index in [2.05, 4.69) is 50.0 Å². The summed E-state index contributed by atoms with van der Waals surface area (Å²) in [5.74, 6) is 0. The molecular weight excluding hydrogens is 276 g/mol. The average molecular weight is 296 g/mol. The van der Waals surface area contributed by atoms with Crippen molar-refractivity contribution in [2.24, 2.45) is 0 Å². The van der Waals surface area contributed by atoms with Crippen LogP contribution in [0.4, 0.5) is 0 Å². The number of hydrogen-bond acceptors (Lipinski definition) is 3. The molecule has 0 fully saturated rings. The second kappa shape index (κ2) is 5.59. The number of hydrogen-bond donors (Lipinski definition) is 1. The molecule has 0 amide bonds. The molecule has 1 aliphatic rings. The van der Waals surface area contributed by atoms with E-state index in [9.17, 15) is 0 Å². The maximum Gasteiger partial charge on any atom is 0.0882 e. The van der Waals surface area contributed by atoms with E-state index >= 15 is 0 Å². The monoisotopic (exact) mass is 296 g/mol. The Labute approximate surface area is 129 Å². The van der Waals surface area contributed by atoms with Gasteiger partial charge in [0.15, 0.2) is 0 Å². The van der Waals surface area contributed by atoms with Crippen molar-refractivity contribution < 1.29 is 4.74 Å². The molecule has 3 aromatic rings. The molecule has 2 aromatic heterocycles. The Morgan fingerprint density at radius 2 is 2.27 bits per heavy atom. The number of H-pyrrole nitrogens is 1. The molecule has 4 rings (SSSR count). The fourth-order valence-electron chi connectivity index (χ4n) is 3.43. The van der Waals surface area contributed by atoms with Gasteiger partial charge in [0.1, 0.15) is 0 Å². The van der Waals surface area contributed by atoms with Gasteiger partial charge in [0.25, 0.3) is 0 Å². The minimum absolute atomic E-state index is 0.286. The summed E-state index contributed by atoms with van der Waals surface area (Å²) in [5.41, 5.74) is 3.82. The van der Waals surface area contributed by atoms with Crippen molar-refractivity contribution in [1.29, 1.82) is 0 Å². The molecule has 1 aromatic carbocycles. The van der Waals surface area contributed by atoms with Crippen molar-refractivity contribution in [3.05, 3.63) is 54.0 Å². The predicted molar refractivity (Wildman–Crippen MR) is 85.6 cm³/mol. The number of aromatic nitrogens is 3. The van der Waals surface area contributed by atoms with E-state index in [1.165, 1.54) is 22.2 Å². The zero-order chi connectivity index (χ0) is 14.9. The summed E-state index contributed by atoms with van der Waals surface area (Å²) in [6.45, 7) is 3.53. The second-order valence-electron chi connectivity index (χ2n) is 5.90. The van der Waals surface area contributed by atoms with E-state index in [-0.39, 0.29) is 6.04 Å². The van der Waals surface area contributed by atoms with E-state index in [0.29, 0.717) is 6.61 Å². The van der Waals surface area contributed by atoms with Crippen LogP contribution in [0.15, 0.2) is 42.7 Å². The number of nitrogens with one attached hydrogen (secondary N) is 1. The topological polar surface area (TPSA) is 46.1 Å². The zero-order valence-electron chi connectivity index (χ0n) is 12.7. The van der Waals surface area contributed by atoms with Gasteiger partial charge in [-0.1, -0.05) is 12.1 Å². The molecule has 0 saturated carbocycles. The lowest BCUT2D eigenvalue weighted by Crippen LogP contribution is -2.39. The second-order valence-corrected chi connectivity index (χ2v) is 5.90. The van der Waals surface area contributed by atoms with Gasteiger partial charge in [-0.3, -0.25) is 9.58 Å². The van der Waals surface area contributed by atoms with Crippen LogP contribution in [0.3, 0.4) is 0 Å². The summed E-state index contributed by atoms with van der Waals surface area (Å²) in [6, 6.07) is 11.0. The van der Waals surface area contributed by atoms with E-state index < -0.39 is 0 Å². The van der Waals surface area contributed by atoms with Gasteiger partial charge < -0.3 is 9.72 Å². The molecule has 0 radical (unpaired) electrons. The lowest BCUT2D eigenvalue weighted by atomic mass is 10.1. The first-order valence-electron chi connectivity index (χ1n) is 7.64. The van der Waals surface area contributed by atoms with Crippen molar-refractivity contribution >= 4 is 10.9 Å². The molecular formula is C17H20N4O. The number of fused-ring (bicyclic) bond motifs is 2. The van der Waals surface area contributed by atoms with E-state index in [0.717, 1.165) is 19.6 Å². The number of nitrogens with zero attached hydrogens (tertiary/aromatic N) is 3. The fourth-order valence-corrected chi connectivity index (χ4v) is 3.43. The van der Waals surface area contributed by atoms with E-state index in [4.69, 9.17) is 4.74 Å². The summed E-state index contributed by atoms with van der Waals surface area (Å²) < 4.78 is 7.48. The van der Waals surface area contributed by atoms with Gasteiger partial charge >= 0.3 is 0 Å². The van der Waals surface area contributed by atoms with Gasteiger partial charge in [0.2, 0.25) is 0 Å². The fraction of sp³-hybridized carbons (Fsp3) is 0.353. The molecule has 1 atom stereocenters. The summed E-state index contributed by atoms with van der Waals surface area (Å²) in [5, 5.41) is 5.76. The highest BCUT2D eigenvalue weighted by atomic mass is 16.5. The maximum absolute atomic E-state index is 5.37. The van der Waals surface area contributed by atoms with Crippen molar-refractivity contribution in [1.82, 2.24) is 19.7 Å². The number of methoxy groups -OCH3 is 1. The highest BCUT2D eigenvalue weighted by Gasteiger charge is 2.25. The highest BCUT2D eigenvalue weighted by Crippen LogP contribution is 2.25. The number of aromatic amines is 1. The minimum Gasteiger partial charge on any atom is -0.382 e. The SMILES string of the molecule is COC[C@H]1CN(Cc2cccc3[nH]ccc23)Cc2ccnn21. The first kappa shape index (κ1) is 13.5. The third kappa shape index (κ3) is 2.32. The molecule has 0 saturated heterocycles. The zero-order valence-corrected chi connectivity index (χ0v) is 12.7. The number of rotatable bonds is 4. The molecule has 1 N–H and O–H groups in total. The van der Waals surface area contributed by atoms with Crippen LogP contribution in [-0.4, -0.2) is 39.9 Å². The molecule has 22 heavy (non-hydrogen) atoms. The lowest BCUT2D eigenvalue weighted by molar-refractivity contribution is 0.0909. The number of ether oxygens (including phenoxy) is 1. The van der Waals surface area contributed by atoms with Gasteiger partial charge in [0, 0.05) is 50.0 Å². The predicted octanol–water partition coefficient (Wildman–Crippen LogP) is 2.57. The van der Waals surface area contributed by atoms with E-state index in [1.807, 2.05) is 12.4 Å². The Bertz CT molecular complexity index is 776. The quantitative estimate of drug-likeness (QED) is 0.805. The highest BCUT2D eigenvalue weighted by molar-refractivity contribution is 5.82. The molecule has 5 nitrogen and oxygen atoms in total. The summed E-state index contributed by atoms with van der Waals surface area (Å²) >= 11 is 0. The summed E-state index contributed by atoms with van der Waals surface area (Å²) in [6.07, 6.45) is 3.89. The Kier molecular flexibility index (Phi) is 3.44. The average Bonchev–Trinajstić information content (AvgIpc) is 3.16. The molecule has 0 bridgehead atoms. The Morgan fingerprint density at radius 3 is 3.18 bits per heavy atom. The standard InChI is InChI=1S/C17H20N4O/c1-22-12-15-11-20(10-14-5-8-19-21(14)15)9-13-3-2-4-17-16(13)6-7-18-17/h2-8,15,18H,9-12H2,1H3/t15-/m1/s1. The van der Waals surface area contributed by atoms with Crippen molar-refractivity contribution in [3.63, 3.8) is 0 Å². The molecule has 5 heteroatoms. The van der Waals surface area contributed by atoms with Crippen molar-refractivity contribution in [2.75, 3.05) is 20.3 Å². The van der Waals surface area contributed by atoms with Crippen LogP contribution >= 0.6 is 0 Å². The summed E-state index contributed by atoms with van der Waals surface area (Å²) in [7, 11) is 1.75. The molecule has 0 aliphatic carbocycles. The Morgan fingerprint density at radius 1 is 1.32 bits per heavy atom. The Balaban J connectivity index is 1.60. The van der Waals surface area contributed by atoms with Crippen LogP contribution in [0.1, 0.15) is 17.3 Å². The molecule has 0 spiro atoms. The van der Waals surface area contributed by atoms with Crippen molar-refractivity contribution in [3.8, 4) is 0 Å². The van der Waals surface area contributed by atoms with Gasteiger partial charge in [-0.2, -0.15) is 5.10 Å². The van der Waals surface area contributed by atoms with Crippen LogP contribution in [0.25, 0.3) is 10.9 Å². The van der Waals surface area contributed by atoms with Gasteiger partial charge in [-0.25, -0.2) is 0 Å².